The van der Waals surface area contributed by atoms with Gasteiger partial charge in [-0.3, -0.25) is 4.79 Å². The van der Waals surface area contributed by atoms with Crippen LogP contribution in [0.3, 0.4) is 0 Å². The molecule has 1 aromatic carbocycles. The Morgan fingerprint density at radius 3 is 2.80 bits per heavy atom. The summed E-state index contributed by atoms with van der Waals surface area (Å²) in [5.41, 5.74) is 2.06. The van der Waals surface area contributed by atoms with Crippen molar-refractivity contribution in [2.24, 2.45) is 0 Å². The Morgan fingerprint density at radius 2 is 2.10 bits per heavy atom. The molecule has 0 fully saturated rings. The molecule has 102 valence electrons. The summed E-state index contributed by atoms with van der Waals surface area (Å²) in [6, 6.07) is 9.57. The molecule has 0 radical (unpaired) electrons. The van der Waals surface area contributed by atoms with Gasteiger partial charge >= 0.3 is 0 Å². The van der Waals surface area contributed by atoms with E-state index in [1.807, 2.05) is 12.1 Å². The van der Waals surface area contributed by atoms with Crippen LogP contribution in [0.2, 0.25) is 0 Å². The first-order chi connectivity index (χ1) is 9.76. The van der Waals surface area contributed by atoms with Crippen molar-refractivity contribution < 1.29 is 0 Å². The number of hydrogen-bond acceptors (Lipinski definition) is 6. The molecule has 0 unspecified atom stereocenters. The van der Waals surface area contributed by atoms with Crippen LogP contribution in [0.4, 0.5) is 10.8 Å². The number of nitrogens with zero attached hydrogens (tertiary/aromatic N) is 3. The summed E-state index contributed by atoms with van der Waals surface area (Å²) >= 11 is 3.14. The van der Waals surface area contributed by atoms with Crippen LogP contribution in [0.1, 0.15) is 5.56 Å². The normalized spacial score (nSPS) is 10.8. The summed E-state index contributed by atoms with van der Waals surface area (Å²) in [5.74, 6) is 1.00. The van der Waals surface area contributed by atoms with Gasteiger partial charge in [-0.1, -0.05) is 23.5 Å². The van der Waals surface area contributed by atoms with E-state index in [2.05, 4.69) is 33.8 Å². The van der Waals surface area contributed by atoms with Crippen LogP contribution in [-0.2, 0) is 5.75 Å². The van der Waals surface area contributed by atoms with E-state index in [1.165, 1.54) is 33.7 Å². The van der Waals surface area contributed by atoms with Crippen LogP contribution in [0.15, 0.2) is 41.3 Å². The van der Waals surface area contributed by atoms with Gasteiger partial charge in [0.2, 0.25) is 10.1 Å². The summed E-state index contributed by atoms with van der Waals surface area (Å²) in [4.78, 5) is 16.3. The molecule has 0 spiro atoms. The molecule has 5 nitrogen and oxygen atoms in total. The lowest BCUT2D eigenvalue weighted by Gasteiger charge is -2.03. The Labute approximate surface area is 123 Å². The van der Waals surface area contributed by atoms with Gasteiger partial charge in [-0.05, 0) is 24.0 Å². The highest BCUT2D eigenvalue weighted by molar-refractivity contribution is 7.97. The lowest BCUT2D eigenvalue weighted by Crippen LogP contribution is -2.12. The molecule has 0 atom stereocenters. The summed E-state index contributed by atoms with van der Waals surface area (Å²) in [7, 11) is 0. The number of rotatable bonds is 4. The van der Waals surface area contributed by atoms with Gasteiger partial charge in [0.15, 0.2) is 0 Å². The minimum Gasteiger partial charge on any atom is -0.330 e. The number of nitrogens with one attached hydrogen (secondary N) is 1. The third-order valence-electron chi connectivity index (χ3n) is 2.69. The molecular weight excluding hydrogens is 292 g/mol. The van der Waals surface area contributed by atoms with Gasteiger partial charge in [0, 0.05) is 23.7 Å². The van der Waals surface area contributed by atoms with Crippen LogP contribution in [-0.4, -0.2) is 20.9 Å². The van der Waals surface area contributed by atoms with Gasteiger partial charge in [0.1, 0.15) is 0 Å². The van der Waals surface area contributed by atoms with Gasteiger partial charge < -0.3 is 5.32 Å². The Kier molecular flexibility index (Phi) is 3.70. The Bertz CT molecular complexity index is 779. The van der Waals surface area contributed by atoms with Crippen LogP contribution in [0.5, 0.6) is 0 Å². The Morgan fingerprint density at radius 1 is 1.30 bits per heavy atom. The highest BCUT2D eigenvalue weighted by Gasteiger charge is 2.06. The number of benzene rings is 1. The van der Waals surface area contributed by atoms with Crippen molar-refractivity contribution in [1.82, 2.24) is 14.6 Å². The Balaban J connectivity index is 1.85. The topological polar surface area (TPSA) is 59.3 Å². The van der Waals surface area contributed by atoms with Crippen molar-refractivity contribution in [3.63, 3.8) is 0 Å². The van der Waals surface area contributed by atoms with E-state index in [0.29, 0.717) is 10.1 Å². The zero-order valence-corrected chi connectivity index (χ0v) is 12.4. The monoisotopic (exact) mass is 304 g/mol. The van der Waals surface area contributed by atoms with Gasteiger partial charge in [-0.25, -0.2) is 4.98 Å². The average molecular weight is 304 g/mol. The third kappa shape index (κ3) is 2.68. The fourth-order valence-corrected chi connectivity index (χ4v) is 3.09. The molecular formula is C13H12N4OS2. The van der Waals surface area contributed by atoms with Gasteiger partial charge in [-0.15, -0.1) is 5.10 Å². The molecule has 0 amide bonds. The molecule has 2 aromatic heterocycles. The number of anilines is 2. The predicted molar refractivity (Wildman–Crippen MR) is 84.1 cm³/mol. The van der Waals surface area contributed by atoms with E-state index < -0.39 is 0 Å². The maximum Gasteiger partial charge on any atom is 0.275 e. The second-order valence-electron chi connectivity index (χ2n) is 4.14. The fraction of sp³-hybridized carbons (Fsp3) is 0.154. The van der Waals surface area contributed by atoms with Crippen molar-refractivity contribution in [2.45, 2.75) is 5.75 Å². The summed E-state index contributed by atoms with van der Waals surface area (Å²) in [5, 5.41) is 8.05. The summed E-state index contributed by atoms with van der Waals surface area (Å²) in [6.07, 6.45) is 3.58. The molecule has 0 aliphatic rings. The molecule has 2 heterocycles. The SMILES string of the molecule is CSCc1ccc(Nc2nn3c(=O)ccnc3s2)cc1. The molecule has 0 saturated carbocycles. The zero-order chi connectivity index (χ0) is 13.9. The summed E-state index contributed by atoms with van der Waals surface area (Å²) in [6.45, 7) is 0. The van der Waals surface area contributed by atoms with Crippen molar-refractivity contribution in [3.8, 4) is 0 Å². The van der Waals surface area contributed by atoms with Crippen molar-refractivity contribution in [3.05, 3.63) is 52.4 Å². The molecule has 0 aliphatic carbocycles. The first-order valence-electron chi connectivity index (χ1n) is 5.96. The average Bonchev–Trinajstić information content (AvgIpc) is 2.85. The van der Waals surface area contributed by atoms with Gasteiger partial charge in [0.05, 0.1) is 0 Å². The van der Waals surface area contributed by atoms with E-state index in [9.17, 15) is 4.79 Å². The number of thioether (sulfide) groups is 1. The molecule has 20 heavy (non-hydrogen) atoms. The Hall–Kier alpha value is -1.86. The molecule has 3 aromatic rings. The number of fused-ring (bicyclic) bond motifs is 1. The maximum atomic E-state index is 11.6. The van der Waals surface area contributed by atoms with E-state index >= 15 is 0 Å². The second kappa shape index (κ2) is 5.64. The van der Waals surface area contributed by atoms with Crippen molar-refractivity contribution in [2.75, 3.05) is 11.6 Å². The van der Waals surface area contributed by atoms with E-state index in [1.54, 1.807) is 11.8 Å². The quantitative estimate of drug-likeness (QED) is 0.803. The highest BCUT2D eigenvalue weighted by atomic mass is 32.2. The van der Waals surface area contributed by atoms with Crippen molar-refractivity contribution >= 4 is 38.9 Å². The van der Waals surface area contributed by atoms with Gasteiger partial charge in [-0.2, -0.15) is 16.3 Å². The predicted octanol–water partition coefficient (Wildman–Crippen LogP) is 2.76. The van der Waals surface area contributed by atoms with Crippen LogP contribution in [0, 0.1) is 0 Å². The number of hydrogen-bond donors (Lipinski definition) is 1. The van der Waals surface area contributed by atoms with Crippen LogP contribution in [0.25, 0.3) is 4.96 Å². The lowest BCUT2D eigenvalue weighted by atomic mass is 10.2. The fourth-order valence-electron chi connectivity index (χ4n) is 1.77. The first-order valence-corrected chi connectivity index (χ1v) is 8.17. The lowest BCUT2D eigenvalue weighted by molar-refractivity contribution is 0.903. The highest BCUT2D eigenvalue weighted by Crippen LogP contribution is 2.22. The second-order valence-corrected chi connectivity index (χ2v) is 5.96. The minimum absolute atomic E-state index is 0.172. The van der Waals surface area contributed by atoms with E-state index in [4.69, 9.17) is 0 Å². The zero-order valence-electron chi connectivity index (χ0n) is 10.7. The van der Waals surface area contributed by atoms with Gasteiger partial charge in [0.25, 0.3) is 5.56 Å². The molecule has 0 aliphatic heterocycles. The number of aromatic nitrogens is 3. The van der Waals surface area contributed by atoms with E-state index in [0.717, 1.165) is 11.4 Å². The molecule has 0 saturated heterocycles. The standard InChI is InChI=1S/C13H12N4OS2/c1-19-8-9-2-4-10(5-3-9)15-12-16-17-11(18)6-7-14-13(17)20-12/h2-7H,8H2,1H3,(H,15,16). The molecule has 3 rings (SSSR count). The molecule has 0 bridgehead atoms. The van der Waals surface area contributed by atoms with E-state index in [-0.39, 0.29) is 5.56 Å². The summed E-state index contributed by atoms with van der Waals surface area (Å²) < 4.78 is 1.30. The smallest absolute Gasteiger partial charge is 0.275 e. The van der Waals surface area contributed by atoms with Crippen molar-refractivity contribution in [1.29, 1.82) is 0 Å². The third-order valence-corrected chi connectivity index (χ3v) is 4.15. The molecule has 1 N–H and O–H groups in total. The van der Waals surface area contributed by atoms with Crippen LogP contribution < -0.4 is 10.9 Å². The maximum absolute atomic E-state index is 11.6. The largest absolute Gasteiger partial charge is 0.330 e. The molecule has 7 heteroatoms. The first kappa shape index (κ1) is 13.1. The van der Waals surface area contributed by atoms with Crippen LogP contribution >= 0.6 is 23.1 Å². The minimum atomic E-state index is -0.172.